The topological polar surface area (TPSA) is 30.5 Å². The molecule has 0 saturated heterocycles. The number of hydrogen-bond acceptors (Lipinski definition) is 3. The van der Waals surface area contributed by atoms with Gasteiger partial charge in [-0.1, -0.05) is 13.8 Å². The van der Waals surface area contributed by atoms with Crippen LogP contribution < -0.4 is 5.32 Å². The molecule has 0 aromatic rings. The fraction of sp³-hybridized carbons (Fsp3) is 1.00. The van der Waals surface area contributed by atoms with Gasteiger partial charge in [-0.3, -0.25) is 0 Å². The number of nitrogens with one attached hydrogen (secondary N) is 1. The first-order valence-corrected chi connectivity index (χ1v) is 5.77. The molecule has 0 amide bonds. The van der Waals surface area contributed by atoms with Crippen LogP contribution in [0.15, 0.2) is 0 Å². The van der Waals surface area contributed by atoms with Crippen molar-refractivity contribution in [2.45, 2.75) is 26.7 Å². The molecule has 0 aliphatic rings. The summed E-state index contributed by atoms with van der Waals surface area (Å²) in [5.74, 6) is 0.663. The minimum absolute atomic E-state index is 0.316. The summed E-state index contributed by atoms with van der Waals surface area (Å²) in [7, 11) is 0. The Bertz CT molecular complexity index is 130. The van der Waals surface area contributed by atoms with Gasteiger partial charge >= 0.3 is 0 Å². The van der Waals surface area contributed by atoms with Crippen molar-refractivity contribution in [2.75, 3.05) is 39.5 Å². The first-order chi connectivity index (χ1) is 7.63. The van der Waals surface area contributed by atoms with Gasteiger partial charge in [0.2, 0.25) is 0 Å². The number of rotatable bonds is 11. The Morgan fingerprint density at radius 1 is 1.00 bits per heavy atom. The van der Waals surface area contributed by atoms with E-state index in [2.05, 4.69) is 19.2 Å². The smallest absolute Gasteiger partial charge is 0.261 e. The van der Waals surface area contributed by atoms with Gasteiger partial charge in [-0.15, -0.1) is 0 Å². The lowest BCUT2D eigenvalue weighted by Gasteiger charge is -2.08. The summed E-state index contributed by atoms with van der Waals surface area (Å²) >= 11 is 0. The van der Waals surface area contributed by atoms with Gasteiger partial charge in [0.05, 0.1) is 13.2 Å². The molecule has 0 saturated carbocycles. The third-order valence-electron chi connectivity index (χ3n) is 1.93. The van der Waals surface area contributed by atoms with E-state index in [1.807, 2.05) is 0 Å². The van der Waals surface area contributed by atoms with Crippen molar-refractivity contribution in [1.82, 2.24) is 5.32 Å². The van der Waals surface area contributed by atoms with Gasteiger partial charge in [0.1, 0.15) is 6.61 Å². The van der Waals surface area contributed by atoms with E-state index < -0.39 is 13.0 Å². The normalized spacial score (nSPS) is 11.6. The lowest BCUT2D eigenvalue weighted by molar-refractivity contribution is 0.0183. The average Bonchev–Trinajstić information content (AvgIpc) is 2.20. The molecule has 98 valence electrons. The Kier molecular flexibility index (Phi) is 11.0. The minimum Gasteiger partial charge on any atom is -0.380 e. The molecular weight excluding hydrogens is 216 g/mol. The summed E-state index contributed by atoms with van der Waals surface area (Å²) < 4.78 is 33.4. The van der Waals surface area contributed by atoms with Gasteiger partial charge in [0, 0.05) is 19.7 Å². The zero-order chi connectivity index (χ0) is 12.2. The molecule has 0 atom stereocenters. The van der Waals surface area contributed by atoms with Crippen molar-refractivity contribution in [3.63, 3.8) is 0 Å². The van der Waals surface area contributed by atoms with E-state index in [0.29, 0.717) is 25.7 Å². The molecule has 0 unspecified atom stereocenters. The van der Waals surface area contributed by atoms with Crippen molar-refractivity contribution < 1.29 is 18.3 Å². The second-order valence-electron chi connectivity index (χ2n) is 4.01. The maximum atomic E-state index is 11.6. The highest BCUT2D eigenvalue weighted by molar-refractivity contribution is 4.47. The van der Waals surface area contributed by atoms with Crippen LogP contribution in [0.2, 0.25) is 0 Å². The van der Waals surface area contributed by atoms with E-state index >= 15 is 0 Å². The van der Waals surface area contributed by atoms with Crippen LogP contribution >= 0.6 is 0 Å². The third-order valence-corrected chi connectivity index (χ3v) is 1.93. The molecule has 0 aliphatic carbocycles. The quantitative estimate of drug-likeness (QED) is 0.559. The van der Waals surface area contributed by atoms with Crippen LogP contribution in [0, 0.1) is 5.92 Å². The van der Waals surface area contributed by atoms with Crippen molar-refractivity contribution >= 4 is 0 Å². The zero-order valence-corrected chi connectivity index (χ0v) is 10.2. The Balaban J connectivity index is 2.93. The summed E-state index contributed by atoms with van der Waals surface area (Å²) in [6, 6.07) is 0. The average molecular weight is 239 g/mol. The standard InChI is InChI=1S/C11H23F2NO2/c1-10(2)3-6-15-7-4-14-5-8-16-9-11(12)13/h10-11,14H,3-9H2,1-2H3. The maximum absolute atomic E-state index is 11.6. The zero-order valence-electron chi connectivity index (χ0n) is 10.2. The van der Waals surface area contributed by atoms with Crippen LogP contribution in [0.1, 0.15) is 20.3 Å². The first kappa shape index (κ1) is 15.7. The fourth-order valence-electron chi connectivity index (χ4n) is 1.01. The molecule has 0 aliphatic heterocycles. The molecule has 0 aromatic heterocycles. The van der Waals surface area contributed by atoms with E-state index in [1.54, 1.807) is 0 Å². The second kappa shape index (κ2) is 11.2. The fourth-order valence-corrected chi connectivity index (χ4v) is 1.01. The summed E-state index contributed by atoms with van der Waals surface area (Å²) in [5, 5.41) is 3.05. The number of halogens is 2. The molecule has 16 heavy (non-hydrogen) atoms. The Morgan fingerprint density at radius 2 is 1.62 bits per heavy atom. The lowest BCUT2D eigenvalue weighted by Crippen LogP contribution is -2.25. The molecule has 5 heteroatoms. The van der Waals surface area contributed by atoms with Gasteiger partial charge < -0.3 is 14.8 Å². The van der Waals surface area contributed by atoms with Gasteiger partial charge in [0.15, 0.2) is 0 Å². The molecule has 0 heterocycles. The molecule has 1 N–H and O–H groups in total. The molecule has 0 fully saturated rings. The van der Waals surface area contributed by atoms with Gasteiger partial charge in [-0.05, 0) is 12.3 Å². The van der Waals surface area contributed by atoms with Crippen LogP contribution in [0.25, 0.3) is 0 Å². The molecule has 0 rings (SSSR count). The number of alkyl halides is 2. The summed E-state index contributed by atoms with van der Waals surface area (Å²) in [6.45, 7) is 6.89. The third kappa shape index (κ3) is 13.7. The Morgan fingerprint density at radius 3 is 2.19 bits per heavy atom. The SMILES string of the molecule is CC(C)CCOCCNCCOCC(F)F. The summed E-state index contributed by atoms with van der Waals surface area (Å²) in [6.07, 6.45) is -1.31. The summed E-state index contributed by atoms with van der Waals surface area (Å²) in [5.41, 5.74) is 0. The highest BCUT2D eigenvalue weighted by atomic mass is 19.3. The van der Waals surface area contributed by atoms with Crippen molar-refractivity contribution in [1.29, 1.82) is 0 Å². The van der Waals surface area contributed by atoms with E-state index in [4.69, 9.17) is 9.47 Å². The molecule has 0 radical (unpaired) electrons. The van der Waals surface area contributed by atoms with Crippen LogP contribution in [0.3, 0.4) is 0 Å². The molecular formula is C11H23F2NO2. The number of ether oxygens (including phenoxy) is 2. The van der Waals surface area contributed by atoms with Crippen LogP contribution in [-0.4, -0.2) is 45.9 Å². The highest BCUT2D eigenvalue weighted by Gasteiger charge is 2.00. The van der Waals surface area contributed by atoms with E-state index in [9.17, 15) is 8.78 Å². The van der Waals surface area contributed by atoms with Crippen LogP contribution in [0.4, 0.5) is 8.78 Å². The predicted octanol–water partition coefficient (Wildman–Crippen LogP) is 1.92. The molecule has 0 spiro atoms. The molecule has 3 nitrogen and oxygen atoms in total. The Labute approximate surface area is 96.5 Å². The van der Waals surface area contributed by atoms with Crippen LogP contribution in [0.5, 0.6) is 0 Å². The monoisotopic (exact) mass is 239 g/mol. The lowest BCUT2D eigenvalue weighted by atomic mass is 10.1. The minimum atomic E-state index is -2.38. The Hall–Kier alpha value is -0.260. The predicted molar refractivity (Wildman–Crippen MR) is 60.0 cm³/mol. The van der Waals surface area contributed by atoms with Crippen molar-refractivity contribution in [3.05, 3.63) is 0 Å². The first-order valence-electron chi connectivity index (χ1n) is 5.77. The van der Waals surface area contributed by atoms with Crippen LogP contribution in [-0.2, 0) is 9.47 Å². The largest absolute Gasteiger partial charge is 0.380 e. The maximum Gasteiger partial charge on any atom is 0.261 e. The summed E-state index contributed by atoms with van der Waals surface area (Å²) in [4.78, 5) is 0. The van der Waals surface area contributed by atoms with Gasteiger partial charge in [-0.25, -0.2) is 8.78 Å². The van der Waals surface area contributed by atoms with Gasteiger partial charge in [-0.2, -0.15) is 0 Å². The highest BCUT2D eigenvalue weighted by Crippen LogP contribution is 1.98. The van der Waals surface area contributed by atoms with Crippen molar-refractivity contribution in [2.24, 2.45) is 5.92 Å². The van der Waals surface area contributed by atoms with E-state index in [1.165, 1.54) is 0 Å². The van der Waals surface area contributed by atoms with Crippen molar-refractivity contribution in [3.8, 4) is 0 Å². The number of hydrogen-bond donors (Lipinski definition) is 1. The van der Waals surface area contributed by atoms with E-state index in [0.717, 1.165) is 19.6 Å². The molecule has 0 bridgehead atoms. The molecule has 0 aromatic carbocycles. The van der Waals surface area contributed by atoms with E-state index in [-0.39, 0.29) is 0 Å². The van der Waals surface area contributed by atoms with Gasteiger partial charge in [0.25, 0.3) is 6.43 Å². The second-order valence-corrected chi connectivity index (χ2v) is 4.01.